The number of carbonyl (C=O) groups excluding carboxylic acids is 2. The van der Waals surface area contributed by atoms with Gasteiger partial charge < -0.3 is 28.4 Å². The van der Waals surface area contributed by atoms with Crippen LogP contribution in [-0.4, -0.2) is 46.8 Å². The summed E-state index contributed by atoms with van der Waals surface area (Å²) in [6.45, 7) is -0.177. The number of ether oxygens (including phenoxy) is 6. The molecule has 0 saturated heterocycles. The Hall–Kier alpha value is -3.52. The molecule has 0 atom stereocenters. The van der Waals surface area contributed by atoms with Gasteiger partial charge in [-0.15, -0.1) is 0 Å². The first-order valence-electron chi connectivity index (χ1n) is 8.58. The number of benzene rings is 2. The zero-order valence-corrected chi connectivity index (χ0v) is 16.4. The van der Waals surface area contributed by atoms with Crippen LogP contribution in [0.1, 0.15) is 15.9 Å². The fraction of sp³-hybridized carbons (Fsp3) is 0.238. The first kappa shape index (κ1) is 20.2. The molecule has 1 aliphatic heterocycles. The minimum atomic E-state index is -0.551. The van der Waals surface area contributed by atoms with E-state index in [1.54, 1.807) is 24.3 Å². The first-order chi connectivity index (χ1) is 14.0. The summed E-state index contributed by atoms with van der Waals surface area (Å²) in [7, 11) is 5.92. The van der Waals surface area contributed by atoms with Crippen LogP contribution in [0, 0.1) is 0 Å². The third-order valence-electron chi connectivity index (χ3n) is 4.12. The van der Waals surface area contributed by atoms with Crippen molar-refractivity contribution in [3.63, 3.8) is 0 Å². The highest BCUT2D eigenvalue weighted by molar-refractivity contribution is 6.14. The highest BCUT2D eigenvalue weighted by atomic mass is 16.6. The van der Waals surface area contributed by atoms with Crippen molar-refractivity contribution in [1.82, 2.24) is 0 Å². The van der Waals surface area contributed by atoms with E-state index in [1.165, 1.54) is 40.6 Å². The minimum absolute atomic E-state index is 0.120. The lowest BCUT2D eigenvalue weighted by molar-refractivity contribution is -0.138. The number of esters is 1. The Bertz CT molecular complexity index is 952. The molecule has 1 heterocycles. The summed E-state index contributed by atoms with van der Waals surface area (Å²) in [5, 5.41) is 0. The van der Waals surface area contributed by atoms with Crippen molar-refractivity contribution in [2.45, 2.75) is 0 Å². The van der Waals surface area contributed by atoms with Gasteiger partial charge in [0, 0.05) is 13.2 Å². The molecule has 0 aliphatic carbocycles. The van der Waals surface area contributed by atoms with Crippen LogP contribution < -0.4 is 23.7 Å². The molecule has 0 fully saturated rings. The molecule has 0 N–H and O–H groups in total. The Morgan fingerprint density at radius 2 is 1.69 bits per heavy atom. The number of fused-ring (bicyclic) bond motifs is 1. The second-order valence-electron chi connectivity index (χ2n) is 5.96. The van der Waals surface area contributed by atoms with Crippen molar-refractivity contribution in [2.75, 3.05) is 35.0 Å². The third-order valence-corrected chi connectivity index (χ3v) is 4.12. The van der Waals surface area contributed by atoms with E-state index in [0.717, 1.165) is 0 Å². The van der Waals surface area contributed by atoms with Crippen molar-refractivity contribution in [1.29, 1.82) is 0 Å². The average Bonchev–Trinajstić information content (AvgIpc) is 3.02. The highest BCUT2D eigenvalue weighted by Gasteiger charge is 2.28. The molecule has 29 heavy (non-hydrogen) atoms. The summed E-state index contributed by atoms with van der Waals surface area (Å²) in [4.78, 5) is 24.2. The molecule has 2 aromatic rings. The van der Waals surface area contributed by atoms with Crippen LogP contribution in [0.25, 0.3) is 6.08 Å². The Balaban J connectivity index is 1.89. The van der Waals surface area contributed by atoms with Crippen LogP contribution >= 0.6 is 0 Å². The second-order valence-corrected chi connectivity index (χ2v) is 5.96. The second kappa shape index (κ2) is 8.66. The molecule has 0 radical (unpaired) electrons. The molecular formula is C21H20O8. The Labute approximate surface area is 167 Å². The molecule has 0 aromatic heterocycles. The normalized spacial score (nSPS) is 13.7. The summed E-state index contributed by atoms with van der Waals surface area (Å²) in [5.74, 6) is 1.19. The summed E-state index contributed by atoms with van der Waals surface area (Å²) in [5.41, 5.74) is 0.998. The van der Waals surface area contributed by atoms with E-state index in [2.05, 4.69) is 0 Å². The summed E-state index contributed by atoms with van der Waals surface area (Å²) in [6, 6.07) is 7.95. The van der Waals surface area contributed by atoms with E-state index in [1.807, 2.05) is 0 Å². The summed E-state index contributed by atoms with van der Waals surface area (Å²) >= 11 is 0. The number of ketones is 1. The van der Waals surface area contributed by atoms with Crippen molar-refractivity contribution >= 4 is 17.8 Å². The third kappa shape index (κ3) is 4.17. The van der Waals surface area contributed by atoms with Gasteiger partial charge in [0.25, 0.3) is 0 Å². The summed E-state index contributed by atoms with van der Waals surface area (Å²) < 4.78 is 31.5. The predicted octanol–water partition coefficient (Wildman–Crippen LogP) is 2.88. The maximum Gasteiger partial charge on any atom is 0.337 e. The molecule has 3 rings (SSSR count). The maximum atomic E-state index is 12.7. The fourth-order valence-corrected chi connectivity index (χ4v) is 2.85. The number of Topliss-reactive ketones (excluding diaryl/α,β-unsaturated/α-hetero) is 1. The molecular weight excluding hydrogens is 380 g/mol. The van der Waals surface area contributed by atoms with E-state index in [-0.39, 0.29) is 23.9 Å². The van der Waals surface area contributed by atoms with Gasteiger partial charge in [0.2, 0.25) is 11.5 Å². The van der Waals surface area contributed by atoms with Crippen molar-refractivity contribution < 1.29 is 38.0 Å². The standard InChI is InChI=1S/C21H20O8/c1-24-11-19(22)28-13-5-6-14-15(10-13)29-16(20(14)23)7-12-8-17(25-2)21(27-4)18(9-12)26-3/h5-10H,11H2,1-4H3/b16-7-. The Morgan fingerprint density at radius 1 is 1.00 bits per heavy atom. The average molecular weight is 400 g/mol. The maximum absolute atomic E-state index is 12.7. The van der Waals surface area contributed by atoms with E-state index in [9.17, 15) is 9.59 Å². The molecule has 1 aliphatic rings. The van der Waals surface area contributed by atoms with Gasteiger partial charge in [0.1, 0.15) is 18.1 Å². The Morgan fingerprint density at radius 3 is 2.28 bits per heavy atom. The number of hydrogen-bond acceptors (Lipinski definition) is 8. The smallest absolute Gasteiger partial charge is 0.337 e. The molecule has 152 valence electrons. The predicted molar refractivity (Wildman–Crippen MR) is 103 cm³/mol. The molecule has 8 heteroatoms. The number of allylic oxidation sites excluding steroid dienone is 1. The van der Waals surface area contributed by atoms with Gasteiger partial charge in [-0.25, -0.2) is 4.79 Å². The lowest BCUT2D eigenvalue weighted by atomic mass is 10.1. The zero-order valence-electron chi connectivity index (χ0n) is 16.4. The van der Waals surface area contributed by atoms with Gasteiger partial charge in [-0.05, 0) is 35.9 Å². The van der Waals surface area contributed by atoms with Crippen LogP contribution in [0.5, 0.6) is 28.7 Å². The van der Waals surface area contributed by atoms with E-state index >= 15 is 0 Å². The SMILES string of the molecule is COCC(=O)Oc1ccc2c(c1)O/C(=C\c1cc(OC)c(OC)c(OC)c1)C2=O. The quantitative estimate of drug-likeness (QED) is 0.398. The minimum Gasteiger partial charge on any atom is -0.493 e. The first-order valence-corrected chi connectivity index (χ1v) is 8.58. The topological polar surface area (TPSA) is 89.5 Å². The van der Waals surface area contributed by atoms with Crippen LogP contribution in [0.4, 0.5) is 0 Å². The molecule has 0 spiro atoms. The number of carbonyl (C=O) groups is 2. The van der Waals surface area contributed by atoms with E-state index in [0.29, 0.717) is 34.1 Å². The van der Waals surface area contributed by atoms with Gasteiger partial charge in [-0.2, -0.15) is 0 Å². The van der Waals surface area contributed by atoms with Gasteiger partial charge in [0.05, 0.1) is 26.9 Å². The van der Waals surface area contributed by atoms with Crippen molar-refractivity contribution in [3.8, 4) is 28.7 Å². The largest absolute Gasteiger partial charge is 0.493 e. The van der Waals surface area contributed by atoms with Crippen LogP contribution in [-0.2, 0) is 9.53 Å². The van der Waals surface area contributed by atoms with Crippen LogP contribution in [0.2, 0.25) is 0 Å². The molecule has 0 bridgehead atoms. The lowest BCUT2D eigenvalue weighted by Gasteiger charge is -2.13. The van der Waals surface area contributed by atoms with Crippen molar-refractivity contribution in [2.24, 2.45) is 0 Å². The van der Waals surface area contributed by atoms with E-state index in [4.69, 9.17) is 28.4 Å². The van der Waals surface area contributed by atoms with Gasteiger partial charge >= 0.3 is 5.97 Å². The molecule has 2 aromatic carbocycles. The Kier molecular flexibility index (Phi) is 6.04. The van der Waals surface area contributed by atoms with Crippen molar-refractivity contribution in [3.05, 3.63) is 47.2 Å². The van der Waals surface area contributed by atoms with Crippen LogP contribution in [0.3, 0.4) is 0 Å². The molecule has 0 amide bonds. The van der Waals surface area contributed by atoms with Crippen LogP contribution in [0.15, 0.2) is 36.1 Å². The summed E-state index contributed by atoms with van der Waals surface area (Å²) in [6.07, 6.45) is 1.57. The molecule has 8 nitrogen and oxygen atoms in total. The lowest BCUT2D eigenvalue weighted by Crippen LogP contribution is -2.14. The van der Waals surface area contributed by atoms with Gasteiger partial charge in [-0.3, -0.25) is 4.79 Å². The zero-order chi connectivity index (χ0) is 21.0. The highest BCUT2D eigenvalue weighted by Crippen LogP contribution is 2.40. The van der Waals surface area contributed by atoms with Gasteiger partial charge in [-0.1, -0.05) is 0 Å². The molecule has 0 saturated carbocycles. The number of methoxy groups -OCH3 is 4. The fourth-order valence-electron chi connectivity index (χ4n) is 2.85. The van der Waals surface area contributed by atoms with Gasteiger partial charge in [0.15, 0.2) is 17.3 Å². The van der Waals surface area contributed by atoms with E-state index < -0.39 is 5.97 Å². The number of hydrogen-bond donors (Lipinski definition) is 0. The number of rotatable bonds is 7. The molecule has 0 unspecified atom stereocenters. The monoisotopic (exact) mass is 400 g/mol.